The van der Waals surface area contributed by atoms with Crippen molar-refractivity contribution in [2.24, 2.45) is 5.73 Å². The van der Waals surface area contributed by atoms with Crippen molar-refractivity contribution in [3.63, 3.8) is 0 Å². The molecule has 1 unspecified atom stereocenters. The van der Waals surface area contributed by atoms with Crippen LogP contribution in [0.15, 0.2) is 36.4 Å². The van der Waals surface area contributed by atoms with Crippen LogP contribution in [0, 0.1) is 0 Å². The molecule has 1 aliphatic carbocycles. The number of hydrogen-bond donors (Lipinski definition) is 2. The van der Waals surface area contributed by atoms with E-state index in [-0.39, 0.29) is 11.7 Å². The molecule has 1 atom stereocenters. The smallest absolute Gasteiger partial charge is 0.161 e. The fourth-order valence-corrected chi connectivity index (χ4v) is 3.59. The van der Waals surface area contributed by atoms with Gasteiger partial charge in [-0.1, -0.05) is 24.3 Å². The van der Waals surface area contributed by atoms with E-state index in [0.29, 0.717) is 18.9 Å². The Kier molecular flexibility index (Phi) is 5.41. The summed E-state index contributed by atoms with van der Waals surface area (Å²) in [7, 11) is 0. The number of benzene rings is 2. The maximum absolute atomic E-state index is 9.86. The van der Waals surface area contributed by atoms with Gasteiger partial charge in [-0.15, -0.1) is 0 Å². The average Bonchev–Trinajstić information content (AvgIpc) is 2.62. The molecule has 0 fully saturated rings. The van der Waals surface area contributed by atoms with Crippen molar-refractivity contribution < 1.29 is 9.84 Å². The first-order chi connectivity index (χ1) is 11.7. The second-order valence-electron chi connectivity index (χ2n) is 6.61. The van der Waals surface area contributed by atoms with Gasteiger partial charge in [-0.3, -0.25) is 0 Å². The topological polar surface area (TPSA) is 55.5 Å². The number of rotatable bonds is 6. The zero-order valence-electron chi connectivity index (χ0n) is 14.4. The molecule has 3 rings (SSSR count). The molecule has 128 valence electrons. The Labute approximate surface area is 144 Å². The summed E-state index contributed by atoms with van der Waals surface area (Å²) in [5, 5.41) is 9.86. The van der Waals surface area contributed by atoms with Crippen molar-refractivity contribution in [3.8, 4) is 11.5 Å². The van der Waals surface area contributed by atoms with Crippen LogP contribution < -0.4 is 10.5 Å². The van der Waals surface area contributed by atoms with Crippen molar-refractivity contribution in [1.82, 2.24) is 0 Å². The van der Waals surface area contributed by atoms with E-state index in [1.54, 1.807) is 6.07 Å². The number of aryl methyl sites for hydroxylation is 2. The van der Waals surface area contributed by atoms with E-state index in [2.05, 4.69) is 18.2 Å². The molecule has 0 bridgehead atoms. The van der Waals surface area contributed by atoms with E-state index in [4.69, 9.17) is 10.5 Å². The maximum Gasteiger partial charge on any atom is 0.161 e. The van der Waals surface area contributed by atoms with Crippen LogP contribution in [0.2, 0.25) is 0 Å². The van der Waals surface area contributed by atoms with Gasteiger partial charge in [0.05, 0.1) is 6.61 Å². The van der Waals surface area contributed by atoms with Gasteiger partial charge >= 0.3 is 0 Å². The van der Waals surface area contributed by atoms with Crippen molar-refractivity contribution in [1.29, 1.82) is 0 Å². The lowest BCUT2D eigenvalue weighted by Gasteiger charge is -2.21. The van der Waals surface area contributed by atoms with Crippen LogP contribution in [0.5, 0.6) is 11.5 Å². The second-order valence-corrected chi connectivity index (χ2v) is 6.61. The van der Waals surface area contributed by atoms with E-state index in [1.165, 1.54) is 42.4 Å². The Morgan fingerprint density at radius 3 is 2.62 bits per heavy atom. The van der Waals surface area contributed by atoms with Crippen molar-refractivity contribution in [2.75, 3.05) is 13.2 Å². The number of phenols is 1. The van der Waals surface area contributed by atoms with Crippen LogP contribution in [0.1, 0.15) is 47.9 Å². The van der Waals surface area contributed by atoms with Gasteiger partial charge in [-0.05, 0) is 80.0 Å². The van der Waals surface area contributed by atoms with Gasteiger partial charge in [0.2, 0.25) is 0 Å². The lowest BCUT2D eigenvalue weighted by Crippen LogP contribution is -2.16. The molecule has 3 heteroatoms. The van der Waals surface area contributed by atoms with Crippen molar-refractivity contribution in [3.05, 3.63) is 58.7 Å². The SMILES string of the molecule is CCOc1cc(CC(CN)c2ccc3c(c2)CCCC3)ccc1O. The fraction of sp³-hybridized carbons (Fsp3) is 0.429. The first-order valence-corrected chi connectivity index (χ1v) is 8.97. The van der Waals surface area contributed by atoms with Gasteiger partial charge in [0, 0.05) is 5.92 Å². The lowest BCUT2D eigenvalue weighted by atomic mass is 9.85. The van der Waals surface area contributed by atoms with Crippen LogP contribution in [-0.4, -0.2) is 18.3 Å². The molecule has 3 nitrogen and oxygen atoms in total. The molecule has 3 N–H and O–H groups in total. The largest absolute Gasteiger partial charge is 0.504 e. The maximum atomic E-state index is 9.86. The number of ether oxygens (including phenoxy) is 1. The van der Waals surface area contributed by atoms with Gasteiger partial charge in [-0.2, -0.15) is 0 Å². The Balaban J connectivity index is 1.81. The van der Waals surface area contributed by atoms with Crippen LogP contribution in [0.4, 0.5) is 0 Å². The minimum atomic E-state index is 0.193. The van der Waals surface area contributed by atoms with Gasteiger partial charge < -0.3 is 15.6 Å². The predicted octanol–water partition coefficient (Wildman–Crippen LogP) is 3.95. The zero-order valence-corrected chi connectivity index (χ0v) is 14.4. The molecule has 1 aliphatic rings. The summed E-state index contributed by atoms with van der Waals surface area (Å²) in [5.74, 6) is 1.03. The summed E-state index contributed by atoms with van der Waals surface area (Å²) >= 11 is 0. The van der Waals surface area contributed by atoms with Gasteiger partial charge in [0.1, 0.15) is 0 Å². The van der Waals surface area contributed by atoms with E-state index < -0.39 is 0 Å². The molecule has 2 aromatic carbocycles. The van der Waals surface area contributed by atoms with Gasteiger partial charge in [0.25, 0.3) is 0 Å². The van der Waals surface area contributed by atoms with Gasteiger partial charge in [0.15, 0.2) is 11.5 Å². The van der Waals surface area contributed by atoms with Crippen LogP contribution >= 0.6 is 0 Å². The van der Waals surface area contributed by atoms with Crippen LogP contribution in [-0.2, 0) is 19.3 Å². The van der Waals surface area contributed by atoms with Crippen molar-refractivity contribution in [2.45, 2.75) is 44.9 Å². The lowest BCUT2D eigenvalue weighted by molar-refractivity contribution is 0.317. The highest BCUT2D eigenvalue weighted by Gasteiger charge is 2.16. The molecule has 0 heterocycles. The summed E-state index contributed by atoms with van der Waals surface area (Å²) in [6.45, 7) is 3.08. The molecule has 0 aliphatic heterocycles. The molecule has 0 saturated heterocycles. The summed E-state index contributed by atoms with van der Waals surface area (Å²) in [5.41, 5.74) is 11.5. The summed E-state index contributed by atoms with van der Waals surface area (Å²) in [6, 6.07) is 12.5. The Bertz CT molecular complexity index is 696. The molecule has 0 amide bonds. The number of hydrogen-bond acceptors (Lipinski definition) is 3. The number of fused-ring (bicyclic) bond motifs is 1. The highest BCUT2D eigenvalue weighted by molar-refractivity contribution is 5.43. The zero-order chi connectivity index (χ0) is 16.9. The van der Waals surface area contributed by atoms with Crippen LogP contribution in [0.25, 0.3) is 0 Å². The third-order valence-electron chi connectivity index (χ3n) is 4.93. The van der Waals surface area contributed by atoms with E-state index in [9.17, 15) is 5.11 Å². The first-order valence-electron chi connectivity index (χ1n) is 8.97. The third-order valence-corrected chi connectivity index (χ3v) is 4.93. The average molecular weight is 325 g/mol. The minimum Gasteiger partial charge on any atom is -0.504 e. The Morgan fingerprint density at radius 1 is 1.08 bits per heavy atom. The normalized spacial score (nSPS) is 14.9. The molecular weight excluding hydrogens is 298 g/mol. The fourth-order valence-electron chi connectivity index (χ4n) is 3.59. The van der Waals surface area contributed by atoms with E-state index in [0.717, 1.165) is 12.0 Å². The molecule has 0 aromatic heterocycles. The van der Waals surface area contributed by atoms with E-state index in [1.807, 2.05) is 19.1 Å². The molecule has 0 spiro atoms. The number of aromatic hydroxyl groups is 1. The molecule has 2 aromatic rings. The quantitative estimate of drug-likeness (QED) is 0.845. The van der Waals surface area contributed by atoms with Crippen molar-refractivity contribution >= 4 is 0 Å². The monoisotopic (exact) mass is 325 g/mol. The van der Waals surface area contributed by atoms with E-state index >= 15 is 0 Å². The first kappa shape index (κ1) is 16.8. The second kappa shape index (κ2) is 7.71. The number of nitrogens with two attached hydrogens (primary N) is 1. The standard InChI is InChI=1S/C21H27NO2/c1-2-24-21-12-15(7-10-20(21)23)11-19(14-22)18-9-8-16-5-3-4-6-17(16)13-18/h7-10,12-13,19,23H,2-6,11,14,22H2,1H3. The Morgan fingerprint density at radius 2 is 1.88 bits per heavy atom. The Hall–Kier alpha value is -2.00. The summed E-state index contributed by atoms with van der Waals surface area (Å²) in [6.07, 6.45) is 5.85. The highest BCUT2D eigenvalue weighted by atomic mass is 16.5. The molecular formula is C21H27NO2. The predicted molar refractivity (Wildman–Crippen MR) is 97.9 cm³/mol. The van der Waals surface area contributed by atoms with Gasteiger partial charge in [-0.25, -0.2) is 0 Å². The molecule has 0 saturated carbocycles. The van der Waals surface area contributed by atoms with Crippen LogP contribution in [0.3, 0.4) is 0 Å². The third kappa shape index (κ3) is 3.73. The number of phenolic OH excluding ortho intramolecular Hbond substituents is 1. The highest BCUT2D eigenvalue weighted by Crippen LogP contribution is 2.31. The molecule has 24 heavy (non-hydrogen) atoms. The minimum absolute atomic E-state index is 0.193. The molecule has 0 radical (unpaired) electrons. The summed E-state index contributed by atoms with van der Waals surface area (Å²) < 4.78 is 5.49. The summed E-state index contributed by atoms with van der Waals surface area (Å²) in [4.78, 5) is 0.